The maximum absolute atomic E-state index is 6.20. The molecular weight excluding hydrogens is 231 g/mol. The lowest BCUT2D eigenvalue weighted by Gasteiger charge is -2.21. The Morgan fingerprint density at radius 1 is 1.40 bits per heavy atom. The third kappa shape index (κ3) is 1.76. The van der Waals surface area contributed by atoms with E-state index in [-0.39, 0.29) is 6.04 Å². The van der Waals surface area contributed by atoms with Gasteiger partial charge >= 0.3 is 0 Å². The number of hydrogen-bond donors (Lipinski definition) is 1. The van der Waals surface area contributed by atoms with Crippen molar-refractivity contribution in [2.45, 2.75) is 19.5 Å². The molecule has 1 aliphatic rings. The summed E-state index contributed by atoms with van der Waals surface area (Å²) in [6, 6.07) is 3.93. The lowest BCUT2D eigenvalue weighted by Crippen LogP contribution is -2.27. The van der Waals surface area contributed by atoms with E-state index >= 15 is 0 Å². The van der Waals surface area contributed by atoms with Crippen LogP contribution in [-0.4, -0.2) is 18.0 Å². The SMILES string of the molecule is CCN1Cc2c(Cl)ccc(Cl)c2C1CN. The van der Waals surface area contributed by atoms with Crippen LogP contribution in [0.4, 0.5) is 0 Å². The van der Waals surface area contributed by atoms with E-state index in [9.17, 15) is 0 Å². The number of halogens is 2. The summed E-state index contributed by atoms with van der Waals surface area (Å²) in [4.78, 5) is 2.29. The van der Waals surface area contributed by atoms with Crippen molar-refractivity contribution in [2.24, 2.45) is 5.73 Å². The smallest absolute Gasteiger partial charge is 0.0492 e. The van der Waals surface area contributed by atoms with Crippen molar-refractivity contribution in [2.75, 3.05) is 13.1 Å². The molecule has 15 heavy (non-hydrogen) atoms. The van der Waals surface area contributed by atoms with Crippen LogP contribution in [0.1, 0.15) is 24.1 Å². The Morgan fingerprint density at radius 2 is 2.07 bits per heavy atom. The third-order valence-corrected chi connectivity index (χ3v) is 3.70. The maximum atomic E-state index is 6.20. The van der Waals surface area contributed by atoms with Gasteiger partial charge in [-0.2, -0.15) is 0 Å². The van der Waals surface area contributed by atoms with Crippen molar-refractivity contribution < 1.29 is 0 Å². The minimum atomic E-state index is 0.219. The van der Waals surface area contributed by atoms with Gasteiger partial charge in [0, 0.05) is 29.2 Å². The van der Waals surface area contributed by atoms with Gasteiger partial charge in [0.05, 0.1) is 0 Å². The molecule has 2 nitrogen and oxygen atoms in total. The van der Waals surface area contributed by atoms with Crippen molar-refractivity contribution in [3.8, 4) is 0 Å². The van der Waals surface area contributed by atoms with Gasteiger partial charge in [0.2, 0.25) is 0 Å². The number of likely N-dealkylation sites (N-methyl/N-ethyl adjacent to an activating group) is 1. The summed E-state index contributed by atoms with van der Waals surface area (Å²) in [5.41, 5.74) is 8.05. The summed E-state index contributed by atoms with van der Waals surface area (Å²) in [5.74, 6) is 0. The fraction of sp³-hybridized carbons (Fsp3) is 0.455. The van der Waals surface area contributed by atoms with Crippen LogP contribution in [0.2, 0.25) is 10.0 Å². The van der Waals surface area contributed by atoms with Crippen LogP contribution in [0.15, 0.2) is 12.1 Å². The molecule has 0 fully saturated rings. The fourth-order valence-electron chi connectivity index (χ4n) is 2.23. The van der Waals surface area contributed by atoms with Crippen LogP contribution in [0, 0.1) is 0 Å². The third-order valence-electron chi connectivity index (χ3n) is 3.01. The Balaban J connectivity index is 2.51. The van der Waals surface area contributed by atoms with E-state index in [1.54, 1.807) is 0 Å². The van der Waals surface area contributed by atoms with Gasteiger partial charge in [-0.3, -0.25) is 4.90 Å². The van der Waals surface area contributed by atoms with E-state index in [2.05, 4.69) is 11.8 Å². The Hall–Kier alpha value is -0.280. The average molecular weight is 245 g/mol. The Morgan fingerprint density at radius 3 is 2.67 bits per heavy atom. The van der Waals surface area contributed by atoms with Crippen LogP contribution in [0.25, 0.3) is 0 Å². The molecule has 0 bridgehead atoms. The number of hydrogen-bond acceptors (Lipinski definition) is 2. The number of fused-ring (bicyclic) bond motifs is 1. The predicted octanol–water partition coefficient (Wildman–Crippen LogP) is 2.83. The van der Waals surface area contributed by atoms with Crippen molar-refractivity contribution in [3.05, 3.63) is 33.3 Å². The highest BCUT2D eigenvalue weighted by molar-refractivity contribution is 6.34. The average Bonchev–Trinajstić information content (AvgIpc) is 2.63. The summed E-state index contributed by atoms with van der Waals surface area (Å²) in [6.45, 7) is 4.52. The van der Waals surface area contributed by atoms with Crippen molar-refractivity contribution >= 4 is 23.2 Å². The van der Waals surface area contributed by atoms with E-state index in [0.29, 0.717) is 6.54 Å². The van der Waals surface area contributed by atoms with Crippen LogP contribution in [-0.2, 0) is 6.54 Å². The first-order valence-corrected chi connectivity index (χ1v) is 5.85. The zero-order valence-electron chi connectivity index (χ0n) is 8.63. The van der Waals surface area contributed by atoms with Gasteiger partial charge in [-0.25, -0.2) is 0 Å². The molecule has 0 saturated heterocycles. The first-order valence-electron chi connectivity index (χ1n) is 5.10. The van der Waals surface area contributed by atoms with Gasteiger partial charge in [-0.05, 0) is 29.8 Å². The molecule has 0 amide bonds. The summed E-state index contributed by atoms with van der Waals surface area (Å²) < 4.78 is 0. The van der Waals surface area contributed by atoms with Gasteiger partial charge in [-0.15, -0.1) is 0 Å². The Kier molecular flexibility index (Phi) is 3.21. The minimum absolute atomic E-state index is 0.219. The standard InChI is InChI=1S/C11H14Cl2N2/c1-2-15-6-7-8(12)3-4-9(13)11(7)10(15)5-14/h3-4,10H,2,5-6,14H2,1H3. The van der Waals surface area contributed by atoms with Gasteiger partial charge in [0.1, 0.15) is 0 Å². The highest BCUT2D eigenvalue weighted by Gasteiger charge is 2.31. The van der Waals surface area contributed by atoms with Gasteiger partial charge in [0.25, 0.3) is 0 Å². The molecule has 0 radical (unpaired) electrons. The second kappa shape index (κ2) is 4.30. The summed E-state index contributed by atoms with van der Waals surface area (Å²) in [7, 11) is 0. The molecule has 1 atom stereocenters. The quantitative estimate of drug-likeness (QED) is 0.868. The number of nitrogens with two attached hydrogens (primary N) is 1. The lowest BCUT2D eigenvalue weighted by atomic mass is 10.0. The van der Waals surface area contributed by atoms with Crippen LogP contribution in [0.3, 0.4) is 0 Å². The minimum Gasteiger partial charge on any atom is -0.329 e. The lowest BCUT2D eigenvalue weighted by molar-refractivity contribution is 0.232. The van der Waals surface area contributed by atoms with E-state index in [1.165, 1.54) is 0 Å². The predicted molar refractivity (Wildman–Crippen MR) is 64.3 cm³/mol. The monoisotopic (exact) mass is 244 g/mol. The molecular formula is C11H14Cl2N2. The molecule has 1 heterocycles. The second-order valence-corrected chi connectivity index (χ2v) is 4.55. The number of benzene rings is 1. The van der Waals surface area contributed by atoms with Gasteiger partial charge in [0.15, 0.2) is 0 Å². The largest absolute Gasteiger partial charge is 0.329 e. The summed E-state index contributed by atoms with van der Waals surface area (Å²) in [5, 5.41) is 1.57. The zero-order chi connectivity index (χ0) is 11.0. The molecule has 82 valence electrons. The molecule has 1 aliphatic heterocycles. The van der Waals surface area contributed by atoms with Gasteiger partial charge < -0.3 is 5.73 Å². The molecule has 0 spiro atoms. The topological polar surface area (TPSA) is 29.3 Å². The molecule has 1 aromatic rings. The van der Waals surface area contributed by atoms with Crippen molar-refractivity contribution in [1.82, 2.24) is 4.90 Å². The van der Waals surface area contributed by atoms with Crippen LogP contribution < -0.4 is 5.73 Å². The van der Waals surface area contributed by atoms with Gasteiger partial charge in [-0.1, -0.05) is 30.1 Å². The normalized spacial score (nSPS) is 20.7. The van der Waals surface area contributed by atoms with E-state index < -0.39 is 0 Å². The Labute approximate surface area is 100.0 Å². The number of rotatable bonds is 2. The first-order chi connectivity index (χ1) is 7.19. The fourth-order valence-corrected chi connectivity index (χ4v) is 2.75. The molecule has 2 rings (SSSR count). The molecule has 1 unspecified atom stereocenters. The summed E-state index contributed by atoms with van der Waals surface area (Å²) >= 11 is 12.4. The molecule has 2 N–H and O–H groups in total. The van der Waals surface area contributed by atoms with E-state index in [4.69, 9.17) is 28.9 Å². The molecule has 0 aliphatic carbocycles. The van der Waals surface area contributed by atoms with Crippen LogP contribution >= 0.6 is 23.2 Å². The van der Waals surface area contributed by atoms with E-state index in [0.717, 1.165) is 34.3 Å². The highest BCUT2D eigenvalue weighted by Crippen LogP contribution is 2.40. The highest BCUT2D eigenvalue weighted by atomic mass is 35.5. The van der Waals surface area contributed by atoms with Crippen molar-refractivity contribution in [1.29, 1.82) is 0 Å². The maximum Gasteiger partial charge on any atom is 0.0492 e. The zero-order valence-corrected chi connectivity index (χ0v) is 10.1. The number of nitrogens with zero attached hydrogens (tertiary/aromatic N) is 1. The van der Waals surface area contributed by atoms with E-state index in [1.807, 2.05) is 12.1 Å². The van der Waals surface area contributed by atoms with Crippen LogP contribution in [0.5, 0.6) is 0 Å². The molecule has 0 aromatic heterocycles. The first kappa shape index (κ1) is 11.2. The second-order valence-electron chi connectivity index (χ2n) is 3.74. The summed E-state index contributed by atoms with van der Waals surface area (Å²) in [6.07, 6.45) is 0. The molecule has 1 aromatic carbocycles. The van der Waals surface area contributed by atoms with Crippen molar-refractivity contribution in [3.63, 3.8) is 0 Å². The molecule has 0 saturated carbocycles. The Bertz CT molecular complexity index is 379. The molecule has 4 heteroatoms.